The fourth-order valence-electron chi connectivity index (χ4n) is 2.61. The van der Waals surface area contributed by atoms with Gasteiger partial charge in [0.2, 0.25) is 0 Å². The van der Waals surface area contributed by atoms with Gasteiger partial charge in [-0.3, -0.25) is 0 Å². The molecule has 4 rings (SSSR count). The van der Waals surface area contributed by atoms with E-state index in [1.54, 1.807) is 0 Å². The maximum Gasteiger partial charge on any atom is 0.178 e. The van der Waals surface area contributed by atoms with Crippen molar-refractivity contribution in [3.05, 3.63) is 18.0 Å². The Morgan fingerprint density at radius 1 is 1.32 bits per heavy atom. The molecule has 2 aliphatic carbocycles. The second-order valence-electron chi connectivity index (χ2n) is 6.03. The van der Waals surface area contributed by atoms with Crippen LogP contribution in [-0.4, -0.2) is 26.4 Å². The zero-order valence-corrected chi connectivity index (χ0v) is 11.3. The van der Waals surface area contributed by atoms with Gasteiger partial charge in [-0.25, -0.2) is 0 Å². The maximum atomic E-state index is 4.64. The van der Waals surface area contributed by atoms with Crippen molar-refractivity contribution in [3.8, 4) is 0 Å². The molecule has 0 bridgehead atoms. The van der Waals surface area contributed by atoms with Gasteiger partial charge in [-0.15, -0.1) is 15.3 Å². The van der Waals surface area contributed by atoms with Crippen LogP contribution in [-0.2, 0) is 0 Å². The molecular formula is C14H19N5. The van der Waals surface area contributed by atoms with E-state index in [1.807, 2.05) is 16.6 Å². The molecule has 2 heterocycles. The molecule has 2 aliphatic rings. The molecule has 0 aromatic carbocycles. The van der Waals surface area contributed by atoms with Crippen molar-refractivity contribution in [2.24, 2.45) is 5.41 Å². The first-order valence-corrected chi connectivity index (χ1v) is 7.26. The first-order valence-electron chi connectivity index (χ1n) is 7.26. The number of aromatic nitrogens is 4. The molecule has 0 amide bonds. The smallest absolute Gasteiger partial charge is 0.178 e. The van der Waals surface area contributed by atoms with Crippen LogP contribution in [0.15, 0.2) is 12.1 Å². The largest absolute Gasteiger partial charge is 0.368 e. The molecule has 19 heavy (non-hydrogen) atoms. The number of rotatable bonds is 5. The van der Waals surface area contributed by atoms with E-state index in [0.29, 0.717) is 11.3 Å². The van der Waals surface area contributed by atoms with E-state index in [9.17, 15) is 0 Å². The normalized spacial score (nSPS) is 20.7. The summed E-state index contributed by atoms with van der Waals surface area (Å²) in [6.45, 7) is 3.30. The second-order valence-corrected chi connectivity index (χ2v) is 6.03. The topological polar surface area (TPSA) is 55.1 Å². The van der Waals surface area contributed by atoms with E-state index in [2.05, 4.69) is 27.5 Å². The third kappa shape index (κ3) is 1.97. The molecule has 0 spiro atoms. The van der Waals surface area contributed by atoms with E-state index in [0.717, 1.165) is 23.8 Å². The summed E-state index contributed by atoms with van der Waals surface area (Å²) in [4.78, 5) is 0. The van der Waals surface area contributed by atoms with Crippen LogP contribution in [0, 0.1) is 5.41 Å². The van der Waals surface area contributed by atoms with Crippen molar-refractivity contribution < 1.29 is 0 Å². The molecule has 0 radical (unpaired) electrons. The van der Waals surface area contributed by atoms with Gasteiger partial charge >= 0.3 is 0 Å². The minimum absolute atomic E-state index is 0.531. The predicted molar refractivity (Wildman–Crippen MR) is 73.2 cm³/mol. The lowest BCUT2D eigenvalue weighted by atomic mass is 10.0. The lowest BCUT2D eigenvalue weighted by Crippen LogP contribution is -2.16. The molecule has 100 valence electrons. The molecule has 0 saturated heterocycles. The van der Waals surface area contributed by atoms with Gasteiger partial charge in [0.1, 0.15) is 5.82 Å². The van der Waals surface area contributed by atoms with Crippen LogP contribution >= 0.6 is 0 Å². The average Bonchev–Trinajstić information content (AvgIpc) is 3.36. The standard InChI is InChI=1S/C14H19N5/c1-2-14(7-8-14)9-15-11-5-6-12-16-17-13(10-3-4-10)19(12)18-11/h5-6,10H,2-4,7-9H2,1H3,(H,15,18). The van der Waals surface area contributed by atoms with Crippen molar-refractivity contribution in [2.75, 3.05) is 11.9 Å². The summed E-state index contributed by atoms with van der Waals surface area (Å²) in [7, 11) is 0. The number of nitrogens with zero attached hydrogens (tertiary/aromatic N) is 4. The molecule has 2 saturated carbocycles. The average molecular weight is 257 g/mol. The number of hydrogen-bond acceptors (Lipinski definition) is 4. The summed E-state index contributed by atoms with van der Waals surface area (Å²) >= 11 is 0. The third-order valence-electron chi connectivity index (χ3n) is 4.58. The van der Waals surface area contributed by atoms with Gasteiger partial charge in [0.25, 0.3) is 0 Å². The molecule has 5 nitrogen and oxygen atoms in total. The lowest BCUT2D eigenvalue weighted by molar-refractivity contribution is 0.520. The Morgan fingerprint density at radius 2 is 2.16 bits per heavy atom. The summed E-state index contributed by atoms with van der Waals surface area (Å²) in [5, 5.41) is 16.6. The van der Waals surface area contributed by atoms with Crippen LogP contribution < -0.4 is 5.32 Å². The highest BCUT2D eigenvalue weighted by molar-refractivity contribution is 5.44. The third-order valence-corrected chi connectivity index (χ3v) is 4.58. The minimum atomic E-state index is 0.531. The van der Waals surface area contributed by atoms with E-state index >= 15 is 0 Å². The Morgan fingerprint density at radius 3 is 2.84 bits per heavy atom. The molecule has 2 aromatic rings. The van der Waals surface area contributed by atoms with Crippen LogP contribution in [0.4, 0.5) is 5.82 Å². The Balaban J connectivity index is 1.58. The molecule has 2 aromatic heterocycles. The predicted octanol–water partition coefficient (Wildman–Crippen LogP) is 2.60. The Bertz CT molecular complexity index is 609. The van der Waals surface area contributed by atoms with Gasteiger partial charge in [-0.2, -0.15) is 4.52 Å². The number of fused-ring (bicyclic) bond motifs is 1. The van der Waals surface area contributed by atoms with E-state index in [-0.39, 0.29) is 0 Å². The SMILES string of the molecule is CCC1(CNc2ccc3nnc(C4CC4)n3n2)CC1. The van der Waals surface area contributed by atoms with Crippen LogP contribution in [0.1, 0.15) is 50.8 Å². The summed E-state index contributed by atoms with van der Waals surface area (Å²) in [6.07, 6.45) is 6.39. The molecule has 1 N–H and O–H groups in total. The van der Waals surface area contributed by atoms with E-state index < -0.39 is 0 Å². The van der Waals surface area contributed by atoms with Gasteiger partial charge in [0, 0.05) is 12.5 Å². The summed E-state index contributed by atoms with van der Waals surface area (Å²) in [5.74, 6) is 2.53. The van der Waals surface area contributed by atoms with E-state index in [1.165, 1.54) is 32.1 Å². The maximum absolute atomic E-state index is 4.64. The molecule has 0 unspecified atom stereocenters. The lowest BCUT2D eigenvalue weighted by Gasteiger charge is -2.13. The highest BCUT2D eigenvalue weighted by atomic mass is 15.4. The fourth-order valence-corrected chi connectivity index (χ4v) is 2.61. The summed E-state index contributed by atoms with van der Waals surface area (Å²) in [6, 6.07) is 4.01. The zero-order valence-electron chi connectivity index (χ0n) is 11.3. The Hall–Kier alpha value is -1.65. The van der Waals surface area contributed by atoms with Gasteiger partial charge in [-0.1, -0.05) is 6.92 Å². The monoisotopic (exact) mass is 257 g/mol. The summed E-state index contributed by atoms with van der Waals surface area (Å²) in [5.41, 5.74) is 1.38. The second kappa shape index (κ2) is 3.92. The first-order chi connectivity index (χ1) is 9.30. The van der Waals surface area contributed by atoms with Crippen molar-refractivity contribution in [1.29, 1.82) is 0 Å². The van der Waals surface area contributed by atoms with Crippen LogP contribution in [0.3, 0.4) is 0 Å². The van der Waals surface area contributed by atoms with Crippen LogP contribution in [0.5, 0.6) is 0 Å². The van der Waals surface area contributed by atoms with Gasteiger partial charge in [0.15, 0.2) is 11.5 Å². The minimum Gasteiger partial charge on any atom is -0.368 e. The molecule has 0 atom stereocenters. The Labute approximate surface area is 112 Å². The number of nitrogens with one attached hydrogen (secondary N) is 1. The van der Waals surface area contributed by atoms with Crippen molar-refractivity contribution in [1.82, 2.24) is 19.8 Å². The first kappa shape index (κ1) is 11.2. The fraction of sp³-hybridized carbons (Fsp3) is 0.643. The molecule has 2 fully saturated rings. The van der Waals surface area contributed by atoms with Gasteiger partial charge in [0.05, 0.1) is 0 Å². The molecule has 0 aliphatic heterocycles. The highest BCUT2D eigenvalue weighted by Crippen LogP contribution is 2.48. The quantitative estimate of drug-likeness (QED) is 0.894. The van der Waals surface area contributed by atoms with Crippen LogP contribution in [0.2, 0.25) is 0 Å². The van der Waals surface area contributed by atoms with Crippen molar-refractivity contribution in [3.63, 3.8) is 0 Å². The molecular weight excluding hydrogens is 238 g/mol. The Kier molecular flexibility index (Phi) is 2.31. The van der Waals surface area contributed by atoms with Crippen LogP contribution in [0.25, 0.3) is 5.65 Å². The van der Waals surface area contributed by atoms with Crippen molar-refractivity contribution >= 4 is 11.5 Å². The number of hydrogen-bond donors (Lipinski definition) is 1. The van der Waals surface area contributed by atoms with Crippen molar-refractivity contribution in [2.45, 2.75) is 44.9 Å². The number of anilines is 1. The summed E-state index contributed by atoms with van der Waals surface area (Å²) < 4.78 is 1.91. The van der Waals surface area contributed by atoms with Gasteiger partial charge in [-0.05, 0) is 49.7 Å². The van der Waals surface area contributed by atoms with Gasteiger partial charge < -0.3 is 5.32 Å². The molecule has 5 heteroatoms. The zero-order chi connectivity index (χ0) is 12.9. The highest BCUT2D eigenvalue weighted by Gasteiger charge is 2.40. The van der Waals surface area contributed by atoms with E-state index in [4.69, 9.17) is 0 Å².